The molecule has 0 spiro atoms. The summed E-state index contributed by atoms with van der Waals surface area (Å²) in [7, 11) is 1.64. The van der Waals surface area contributed by atoms with Crippen molar-refractivity contribution >= 4 is 11.8 Å². The van der Waals surface area contributed by atoms with Gasteiger partial charge in [0.1, 0.15) is 11.5 Å². The van der Waals surface area contributed by atoms with Crippen molar-refractivity contribution in [2.75, 3.05) is 26.9 Å². The van der Waals surface area contributed by atoms with Crippen molar-refractivity contribution in [2.24, 2.45) is 4.99 Å². The van der Waals surface area contributed by atoms with E-state index in [4.69, 9.17) is 24.3 Å². The summed E-state index contributed by atoms with van der Waals surface area (Å²) in [6.45, 7) is 4.89. The molecule has 2 N–H and O–H groups in total. The summed E-state index contributed by atoms with van der Waals surface area (Å²) < 4.78 is 17.6. The Morgan fingerprint density at radius 1 is 0.955 bits per heavy atom. The summed E-state index contributed by atoms with van der Waals surface area (Å²) in [5, 5.41) is 12.2. The number of benzene rings is 4. The maximum atomic E-state index is 14.1. The van der Waals surface area contributed by atoms with E-state index in [1.807, 2.05) is 91.0 Å². The van der Waals surface area contributed by atoms with Gasteiger partial charge in [-0.3, -0.25) is 4.79 Å². The molecule has 5 rings (SSSR count). The minimum Gasteiger partial charge on any atom is -0.497 e. The number of aliphatic hydroxyl groups is 1. The summed E-state index contributed by atoms with van der Waals surface area (Å²) in [6, 6.07) is 33.5. The standard InChI is InChI=1S/C37H38N2O5/c1-3-22-37(36(41)38-23-21-27-9-7-12-33(26-27)42-2)34(30-15-13-29(14-16-30)28-10-5-4-6-11-28)44-35(39-37)31-17-19-32(20-18-31)43-25-8-24-40/h3-7,9-20,26,34,40H,1,8,21-25H2,2H3,(H,38,41)/t34-,37-/m1/s1. The van der Waals surface area contributed by atoms with Crippen LogP contribution in [-0.4, -0.2) is 49.3 Å². The fourth-order valence-corrected chi connectivity index (χ4v) is 5.32. The first-order valence-corrected chi connectivity index (χ1v) is 14.8. The van der Waals surface area contributed by atoms with Gasteiger partial charge in [0.05, 0.1) is 13.7 Å². The van der Waals surface area contributed by atoms with Gasteiger partial charge in [0.25, 0.3) is 5.91 Å². The quantitative estimate of drug-likeness (QED) is 0.133. The third kappa shape index (κ3) is 7.01. The molecule has 44 heavy (non-hydrogen) atoms. The number of rotatable bonds is 14. The van der Waals surface area contributed by atoms with Crippen LogP contribution < -0.4 is 14.8 Å². The van der Waals surface area contributed by atoms with Gasteiger partial charge in [-0.1, -0.05) is 72.8 Å². The van der Waals surface area contributed by atoms with Crippen LogP contribution in [0.15, 0.2) is 121 Å². The molecule has 0 aromatic heterocycles. The topological polar surface area (TPSA) is 89.4 Å². The van der Waals surface area contributed by atoms with Crippen molar-refractivity contribution < 1.29 is 24.1 Å². The van der Waals surface area contributed by atoms with E-state index in [0.29, 0.717) is 37.6 Å². The highest BCUT2D eigenvalue weighted by Crippen LogP contribution is 2.43. The Bertz CT molecular complexity index is 1570. The normalized spacial score (nSPS) is 17.3. The molecule has 1 heterocycles. The number of nitrogens with zero attached hydrogens (tertiary/aromatic N) is 1. The van der Waals surface area contributed by atoms with Gasteiger partial charge >= 0.3 is 0 Å². The highest BCUT2D eigenvalue weighted by Gasteiger charge is 2.52. The van der Waals surface area contributed by atoms with Crippen LogP contribution in [0.4, 0.5) is 0 Å². The molecule has 1 aliphatic heterocycles. The van der Waals surface area contributed by atoms with Gasteiger partial charge in [-0.15, -0.1) is 6.58 Å². The van der Waals surface area contributed by atoms with Gasteiger partial charge < -0.3 is 24.6 Å². The number of aliphatic hydroxyl groups excluding tert-OH is 1. The Morgan fingerprint density at radius 3 is 2.39 bits per heavy atom. The minimum atomic E-state index is -1.25. The first-order valence-electron chi connectivity index (χ1n) is 14.8. The largest absolute Gasteiger partial charge is 0.497 e. The Balaban J connectivity index is 1.43. The van der Waals surface area contributed by atoms with Crippen molar-refractivity contribution in [3.05, 3.63) is 132 Å². The Kier molecular flexibility index (Phi) is 10.1. The zero-order valence-electron chi connectivity index (χ0n) is 24.9. The van der Waals surface area contributed by atoms with E-state index in [1.54, 1.807) is 13.2 Å². The van der Waals surface area contributed by atoms with Crippen LogP contribution in [-0.2, 0) is 16.0 Å². The molecular weight excluding hydrogens is 552 g/mol. The van der Waals surface area contributed by atoms with Gasteiger partial charge in [0, 0.05) is 31.6 Å². The molecule has 0 unspecified atom stereocenters. The monoisotopic (exact) mass is 590 g/mol. The van der Waals surface area contributed by atoms with E-state index in [1.165, 1.54) is 0 Å². The van der Waals surface area contributed by atoms with Crippen molar-refractivity contribution in [1.82, 2.24) is 5.32 Å². The summed E-state index contributed by atoms with van der Waals surface area (Å²) in [5.41, 5.74) is 3.57. The molecular formula is C37H38N2O5. The lowest BCUT2D eigenvalue weighted by Gasteiger charge is -2.30. The molecule has 7 nitrogen and oxygen atoms in total. The van der Waals surface area contributed by atoms with Crippen LogP contribution in [0.5, 0.6) is 11.5 Å². The Hall–Kier alpha value is -4.88. The zero-order chi connectivity index (χ0) is 30.8. The average molecular weight is 591 g/mol. The van der Waals surface area contributed by atoms with Gasteiger partial charge in [0.2, 0.25) is 5.90 Å². The van der Waals surface area contributed by atoms with E-state index < -0.39 is 11.6 Å². The summed E-state index contributed by atoms with van der Waals surface area (Å²) in [5.74, 6) is 1.62. The highest BCUT2D eigenvalue weighted by molar-refractivity contribution is 6.01. The molecule has 0 radical (unpaired) electrons. The second-order valence-electron chi connectivity index (χ2n) is 10.6. The number of carbonyl (C=O) groups is 1. The minimum absolute atomic E-state index is 0.0729. The number of aliphatic imine (C=N–C) groups is 1. The van der Waals surface area contributed by atoms with Crippen LogP contribution in [0.3, 0.4) is 0 Å². The molecule has 7 heteroatoms. The van der Waals surface area contributed by atoms with Gasteiger partial charge in [0.15, 0.2) is 11.6 Å². The average Bonchev–Trinajstić information content (AvgIpc) is 3.46. The van der Waals surface area contributed by atoms with Crippen LogP contribution in [0.2, 0.25) is 0 Å². The van der Waals surface area contributed by atoms with Crippen LogP contribution in [0.1, 0.15) is 35.6 Å². The number of carbonyl (C=O) groups excluding carboxylic acids is 1. The number of amides is 1. The predicted octanol–water partition coefficient (Wildman–Crippen LogP) is 6.32. The highest BCUT2D eigenvalue weighted by atomic mass is 16.5. The fourth-order valence-electron chi connectivity index (χ4n) is 5.32. The fraction of sp³-hybridized carbons (Fsp3) is 0.243. The van der Waals surface area contributed by atoms with Crippen molar-refractivity contribution in [3.8, 4) is 22.6 Å². The van der Waals surface area contributed by atoms with Gasteiger partial charge in [-0.05, 0) is 65.1 Å². The molecule has 2 atom stereocenters. The van der Waals surface area contributed by atoms with Crippen molar-refractivity contribution in [1.29, 1.82) is 0 Å². The van der Waals surface area contributed by atoms with Crippen LogP contribution in [0.25, 0.3) is 11.1 Å². The summed E-state index contributed by atoms with van der Waals surface area (Å²) in [4.78, 5) is 19.1. The number of hydrogen-bond acceptors (Lipinski definition) is 6. The summed E-state index contributed by atoms with van der Waals surface area (Å²) >= 11 is 0. The van der Waals surface area contributed by atoms with Crippen LogP contribution >= 0.6 is 0 Å². The van der Waals surface area contributed by atoms with E-state index in [2.05, 4.69) is 24.0 Å². The van der Waals surface area contributed by atoms with Crippen molar-refractivity contribution in [2.45, 2.75) is 30.9 Å². The van der Waals surface area contributed by atoms with E-state index in [0.717, 1.165) is 33.6 Å². The van der Waals surface area contributed by atoms with E-state index >= 15 is 0 Å². The lowest BCUT2D eigenvalue weighted by atomic mass is 9.84. The molecule has 0 saturated carbocycles. The number of nitrogens with one attached hydrogen (secondary N) is 1. The lowest BCUT2D eigenvalue weighted by Crippen LogP contribution is -2.48. The zero-order valence-corrected chi connectivity index (χ0v) is 24.9. The van der Waals surface area contributed by atoms with Gasteiger partial charge in [-0.25, -0.2) is 4.99 Å². The van der Waals surface area contributed by atoms with E-state index in [-0.39, 0.29) is 18.9 Å². The van der Waals surface area contributed by atoms with Gasteiger partial charge in [-0.2, -0.15) is 0 Å². The third-order valence-electron chi connectivity index (χ3n) is 7.64. The van der Waals surface area contributed by atoms with Crippen molar-refractivity contribution in [3.63, 3.8) is 0 Å². The van der Waals surface area contributed by atoms with Crippen LogP contribution in [0, 0.1) is 0 Å². The maximum absolute atomic E-state index is 14.1. The smallest absolute Gasteiger partial charge is 0.252 e. The molecule has 0 bridgehead atoms. The SMILES string of the molecule is C=CC[C@@]1(C(=O)NCCc2cccc(OC)c2)N=C(c2ccc(OCCCO)cc2)O[C@@H]1c1ccc(-c2ccccc2)cc1. The molecule has 4 aromatic carbocycles. The second-order valence-corrected chi connectivity index (χ2v) is 10.6. The molecule has 4 aromatic rings. The molecule has 0 saturated heterocycles. The molecule has 1 aliphatic rings. The number of ether oxygens (including phenoxy) is 3. The maximum Gasteiger partial charge on any atom is 0.252 e. The number of methoxy groups -OCH3 is 1. The third-order valence-corrected chi connectivity index (χ3v) is 7.64. The Morgan fingerprint density at radius 2 is 1.68 bits per heavy atom. The molecule has 0 aliphatic carbocycles. The molecule has 0 fully saturated rings. The first kappa shape index (κ1) is 30.6. The Labute approximate surface area is 258 Å². The second kappa shape index (κ2) is 14.5. The first-order chi connectivity index (χ1) is 21.6. The summed E-state index contributed by atoms with van der Waals surface area (Å²) in [6.07, 6.45) is 2.53. The molecule has 226 valence electrons. The lowest BCUT2D eigenvalue weighted by molar-refractivity contribution is -0.128. The molecule has 1 amide bonds. The number of hydrogen-bond donors (Lipinski definition) is 2. The predicted molar refractivity (Wildman–Crippen MR) is 173 cm³/mol. The van der Waals surface area contributed by atoms with E-state index in [9.17, 15) is 4.79 Å².